The molecular weight excluding hydrogens is 416 g/mol. The first-order valence-corrected chi connectivity index (χ1v) is 11.8. The molecule has 0 saturated carbocycles. The van der Waals surface area contributed by atoms with Gasteiger partial charge in [0.2, 0.25) is 5.78 Å². The van der Waals surface area contributed by atoms with Crippen molar-refractivity contribution in [1.82, 2.24) is 4.90 Å². The smallest absolute Gasteiger partial charge is 0.295 e. The highest BCUT2D eigenvalue weighted by atomic mass is 16.5. The monoisotopic (exact) mass is 448 g/mol. The fraction of sp³-hybridized carbons (Fsp3) is 0.407. The standard InChI is InChI=1S/C27H32N2O4/c1-19(2)20-9-11-21(12-10-20)24-23(25(30)22-7-4-3-5-8-22)26(31)27(32)29(24)14-6-13-28-15-17-33-18-16-28/h3-5,7-12,19,24,30H,6,13-18H2,1-2H3/b25-23+. The van der Waals surface area contributed by atoms with Gasteiger partial charge in [-0.15, -0.1) is 0 Å². The Labute approximate surface area is 195 Å². The zero-order valence-corrected chi connectivity index (χ0v) is 19.4. The molecule has 2 aliphatic rings. The average Bonchev–Trinajstić information content (AvgIpc) is 3.10. The molecule has 1 atom stereocenters. The number of rotatable bonds is 7. The lowest BCUT2D eigenvalue weighted by molar-refractivity contribution is -0.908. The molecule has 1 unspecified atom stereocenters. The number of ketones is 1. The van der Waals surface area contributed by atoms with Crippen molar-refractivity contribution in [1.29, 1.82) is 0 Å². The molecule has 6 heteroatoms. The minimum absolute atomic E-state index is 0.0576. The molecule has 1 N–H and O–H groups in total. The Kier molecular flexibility index (Phi) is 7.26. The van der Waals surface area contributed by atoms with Gasteiger partial charge in [-0.2, -0.15) is 0 Å². The van der Waals surface area contributed by atoms with Crippen LogP contribution in [0.3, 0.4) is 0 Å². The van der Waals surface area contributed by atoms with Crippen molar-refractivity contribution in [3.05, 3.63) is 76.9 Å². The predicted molar refractivity (Wildman–Crippen MR) is 124 cm³/mol. The first kappa shape index (κ1) is 23.2. The molecule has 0 aliphatic carbocycles. The number of nitrogens with zero attached hydrogens (tertiary/aromatic N) is 1. The summed E-state index contributed by atoms with van der Waals surface area (Å²) >= 11 is 0. The molecule has 6 nitrogen and oxygen atoms in total. The molecular formula is C27H32N2O4. The number of hydrogen-bond donors (Lipinski definition) is 1. The third kappa shape index (κ3) is 5.02. The maximum Gasteiger partial charge on any atom is 0.295 e. The number of likely N-dealkylation sites (tertiary alicyclic amines) is 1. The van der Waals surface area contributed by atoms with Crippen LogP contribution in [0.2, 0.25) is 0 Å². The molecule has 2 aromatic rings. The second kappa shape index (κ2) is 10.3. The Morgan fingerprint density at radius 1 is 1.06 bits per heavy atom. The van der Waals surface area contributed by atoms with Crippen LogP contribution in [0.1, 0.15) is 48.9 Å². The van der Waals surface area contributed by atoms with Crippen LogP contribution in [0.25, 0.3) is 5.76 Å². The first-order chi connectivity index (χ1) is 16.0. The maximum absolute atomic E-state index is 13.4. The largest absolute Gasteiger partial charge is 0.872 e. The molecule has 0 spiro atoms. The van der Waals surface area contributed by atoms with Crippen LogP contribution >= 0.6 is 0 Å². The van der Waals surface area contributed by atoms with Gasteiger partial charge in [-0.3, -0.25) is 9.59 Å². The van der Waals surface area contributed by atoms with Crippen molar-refractivity contribution in [2.75, 3.05) is 39.4 Å². The molecule has 2 saturated heterocycles. The molecule has 2 fully saturated rings. The molecule has 0 bridgehead atoms. The van der Waals surface area contributed by atoms with Crippen LogP contribution in [0.15, 0.2) is 60.2 Å². The van der Waals surface area contributed by atoms with Gasteiger partial charge < -0.3 is 19.6 Å². The molecule has 0 radical (unpaired) electrons. The highest BCUT2D eigenvalue weighted by Crippen LogP contribution is 2.39. The number of benzene rings is 2. The average molecular weight is 449 g/mol. The number of quaternary nitrogens is 1. The number of ether oxygens (including phenoxy) is 1. The van der Waals surface area contributed by atoms with Crippen LogP contribution in [0.5, 0.6) is 0 Å². The number of amides is 1. The van der Waals surface area contributed by atoms with Crippen LogP contribution < -0.4 is 10.0 Å². The van der Waals surface area contributed by atoms with Gasteiger partial charge in [0.25, 0.3) is 5.91 Å². The van der Waals surface area contributed by atoms with Crippen molar-refractivity contribution < 1.29 is 24.3 Å². The Morgan fingerprint density at radius 3 is 2.36 bits per heavy atom. The van der Waals surface area contributed by atoms with Crippen molar-refractivity contribution >= 4 is 17.4 Å². The van der Waals surface area contributed by atoms with Gasteiger partial charge >= 0.3 is 0 Å². The number of morpholine rings is 1. The maximum atomic E-state index is 13.4. The summed E-state index contributed by atoms with van der Waals surface area (Å²) in [5, 5.41) is 13.4. The van der Waals surface area contributed by atoms with E-state index in [0.29, 0.717) is 18.0 Å². The number of nitrogens with one attached hydrogen (secondary N) is 1. The summed E-state index contributed by atoms with van der Waals surface area (Å²) in [6.45, 7) is 9.01. The summed E-state index contributed by atoms with van der Waals surface area (Å²) in [6, 6.07) is 16.0. The van der Waals surface area contributed by atoms with Gasteiger partial charge in [-0.25, -0.2) is 0 Å². The van der Waals surface area contributed by atoms with E-state index in [2.05, 4.69) is 13.8 Å². The minimum Gasteiger partial charge on any atom is -0.872 e. The normalized spacial score (nSPS) is 21.2. The summed E-state index contributed by atoms with van der Waals surface area (Å²) in [6.07, 6.45) is 0.766. The van der Waals surface area contributed by atoms with Gasteiger partial charge in [-0.1, -0.05) is 74.2 Å². The predicted octanol–water partition coefficient (Wildman–Crippen LogP) is 1.34. The highest BCUT2D eigenvalue weighted by Gasteiger charge is 2.44. The lowest BCUT2D eigenvalue weighted by Crippen LogP contribution is -3.14. The molecule has 4 rings (SSSR count). The number of carbonyl (C=O) groups is 2. The van der Waals surface area contributed by atoms with Gasteiger partial charge in [0, 0.05) is 18.5 Å². The van der Waals surface area contributed by atoms with E-state index in [-0.39, 0.29) is 11.3 Å². The van der Waals surface area contributed by atoms with E-state index in [4.69, 9.17) is 4.74 Å². The summed E-state index contributed by atoms with van der Waals surface area (Å²) in [7, 11) is 0. The van der Waals surface area contributed by atoms with Crippen LogP contribution in [-0.2, 0) is 14.3 Å². The van der Waals surface area contributed by atoms with Gasteiger partial charge in [-0.05, 0) is 22.6 Å². The van der Waals surface area contributed by atoms with Crippen molar-refractivity contribution in [2.45, 2.75) is 32.2 Å². The van der Waals surface area contributed by atoms with E-state index in [1.54, 1.807) is 29.2 Å². The fourth-order valence-corrected chi connectivity index (χ4v) is 4.67. The first-order valence-electron chi connectivity index (χ1n) is 11.8. The van der Waals surface area contributed by atoms with Crippen molar-refractivity contribution in [2.24, 2.45) is 0 Å². The Balaban J connectivity index is 1.66. The number of carbonyl (C=O) groups excluding carboxylic acids is 2. The second-order valence-corrected chi connectivity index (χ2v) is 9.13. The Morgan fingerprint density at radius 2 is 1.73 bits per heavy atom. The SMILES string of the molecule is CC(C)c1ccc(C2/C(=C(\[O-])c3ccccc3)C(=O)C(=O)N2CCC[NH+]2CCOCC2)cc1. The van der Waals surface area contributed by atoms with E-state index in [1.807, 2.05) is 30.3 Å². The molecule has 2 heterocycles. The molecule has 0 aromatic heterocycles. The van der Waals surface area contributed by atoms with Crippen LogP contribution in [0, 0.1) is 0 Å². The van der Waals surface area contributed by atoms with Crippen LogP contribution in [0.4, 0.5) is 0 Å². The summed E-state index contributed by atoms with van der Waals surface area (Å²) in [5.74, 6) is -1.26. The number of hydrogen-bond acceptors (Lipinski definition) is 4. The third-order valence-electron chi connectivity index (χ3n) is 6.61. The third-order valence-corrected chi connectivity index (χ3v) is 6.61. The van der Waals surface area contributed by atoms with E-state index in [9.17, 15) is 14.7 Å². The number of Topliss-reactive ketones (excluding diaryl/α,β-unsaturated/α-hetero) is 1. The van der Waals surface area contributed by atoms with Crippen LogP contribution in [-0.4, -0.2) is 56.0 Å². The Bertz CT molecular complexity index is 1010. The molecule has 174 valence electrons. The zero-order chi connectivity index (χ0) is 23.4. The quantitative estimate of drug-likeness (QED) is 0.394. The van der Waals surface area contributed by atoms with E-state index in [1.165, 1.54) is 10.5 Å². The molecule has 2 aromatic carbocycles. The van der Waals surface area contributed by atoms with Crippen molar-refractivity contribution in [3.63, 3.8) is 0 Å². The summed E-state index contributed by atoms with van der Waals surface area (Å²) in [5.41, 5.74) is 2.46. The van der Waals surface area contributed by atoms with E-state index in [0.717, 1.165) is 44.8 Å². The Hall–Kier alpha value is -2.96. The topological polar surface area (TPSA) is 74.1 Å². The zero-order valence-electron chi connectivity index (χ0n) is 19.4. The lowest BCUT2D eigenvalue weighted by Gasteiger charge is -2.29. The fourth-order valence-electron chi connectivity index (χ4n) is 4.67. The summed E-state index contributed by atoms with van der Waals surface area (Å²) < 4.78 is 5.42. The molecule has 33 heavy (non-hydrogen) atoms. The van der Waals surface area contributed by atoms with Gasteiger partial charge in [0.05, 0.1) is 25.8 Å². The van der Waals surface area contributed by atoms with Gasteiger partial charge in [0.1, 0.15) is 13.1 Å². The second-order valence-electron chi connectivity index (χ2n) is 9.13. The lowest BCUT2D eigenvalue weighted by atomic mass is 9.93. The van der Waals surface area contributed by atoms with Crippen molar-refractivity contribution in [3.8, 4) is 0 Å². The molecule has 2 aliphatic heterocycles. The van der Waals surface area contributed by atoms with Gasteiger partial charge in [0.15, 0.2) is 0 Å². The summed E-state index contributed by atoms with van der Waals surface area (Å²) in [4.78, 5) is 29.2. The van der Waals surface area contributed by atoms with E-state index < -0.39 is 17.7 Å². The minimum atomic E-state index is -0.680. The van der Waals surface area contributed by atoms with E-state index >= 15 is 0 Å². The molecule has 1 amide bonds. The highest BCUT2D eigenvalue weighted by molar-refractivity contribution is 6.46.